The summed E-state index contributed by atoms with van der Waals surface area (Å²) < 4.78 is 5.24. The number of anilines is 1. The second kappa shape index (κ2) is 7.96. The van der Waals surface area contributed by atoms with E-state index in [9.17, 15) is 5.11 Å². The van der Waals surface area contributed by atoms with Crippen molar-refractivity contribution in [2.24, 2.45) is 0 Å². The molecule has 2 heterocycles. The number of hydrogen-bond donors (Lipinski definition) is 1. The summed E-state index contributed by atoms with van der Waals surface area (Å²) in [5.41, 5.74) is 2.00. The van der Waals surface area contributed by atoms with Gasteiger partial charge in [0.1, 0.15) is 5.75 Å². The number of aromatic nitrogens is 1. The van der Waals surface area contributed by atoms with Gasteiger partial charge in [0.15, 0.2) is 5.13 Å². The second-order valence-electron chi connectivity index (χ2n) is 6.21. The maximum Gasteiger partial charge on any atom is 0.185 e. The molecule has 1 aliphatic rings. The topological polar surface area (TPSA) is 48.8 Å². The predicted molar refractivity (Wildman–Crippen MR) is 98.1 cm³/mol. The van der Waals surface area contributed by atoms with Crippen molar-refractivity contribution in [3.05, 3.63) is 40.9 Å². The van der Waals surface area contributed by atoms with E-state index >= 15 is 0 Å². The summed E-state index contributed by atoms with van der Waals surface area (Å²) in [6.45, 7) is 6.62. The molecule has 1 fully saturated rings. The van der Waals surface area contributed by atoms with Crippen LogP contribution in [0.5, 0.6) is 5.75 Å². The quantitative estimate of drug-likeness (QED) is 0.901. The van der Waals surface area contributed by atoms with Crippen molar-refractivity contribution in [2.45, 2.75) is 19.4 Å². The molecule has 0 bridgehead atoms. The van der Waals surface area contributed by atoms with Crippen molar-refractivity contribution in [3.63, 3.8) is 0 Å². The minimum absolute atomic E-state index is 0.492. The van der Waals surface area contributed by atoms with Crippen LogP contribution < -0.4 is 9.64 Å². The molecule has 0 amide bonds. The smallest absolute Gasteiger partial charge is 0.185 e. The fraction of sp³-hybridized carbons (Fsp3) is 0.500. The molecule has 24 heavy (non-hydrogen) atoms. The van der Waals surface area contributed by atoms with Crippen LogP contribution >= 0.6 is 11.3 Å². The number of benzene rings is 1. The molecule has 130 valence electrons. The van der Waals surface area contributed by atoms with Crippen LogP contribution in [-0.2, 0) is 0 Å². The van der Waals surface area contributed by atoms with Gasteiger partial charge in [-0.3, -0.25) is 4.90 Å². The molecule has 0 spiro atoms. The molecule has 0 saturated carbocycles. The number of aliphatic hydroxyl groups excluding tert-OH is 1. The molecule has 6 heteroatoms. The van der Waals surface area contributed by atoms with Gasteiger partial charge in [0.25, 0.3) is 0 Å². The van der Waals surface area contributed by atoms with Gasteiger partial charge in [0.2, 0.25) is 0 Å². The zero-order chi connectivity index (χ0) is 16.9. The Bertz CT molecular complexity index is 661. The lowest BCUT2D eigenvalue weighted by atomic mass is 10.1. The van der Waals surface area contributed by atoms with Crippen molar-refractivity contribution in [2.75, 3.05) is 44.7 Å². The first-order valence-corrected chi connectivity index (χ1v) is 9.25. The van der Waals surface area contributed by atoms with Crippen molar-refractivity contribution in [1.82, 2.24) is 9.88 Å². The number of β-amino-alcohol motifs (C(OH)–C–C–N with tert-alkyl or cyclic N) is 1. The number of aliphatic hydroxyl groups is 1. The summed E-state index contributed by atoms with van der Waals surface area (Å²) in [6.07, 6.45) is 0.595. The fourth-order valence-corrected chi connectivity index (χ4v) is 3.89. The third-order valence-corrected chi connectivity index (χ3v) is 5.39. The lowest BCUT2D eigenvalue weighted by Gasteiger charge is -2.24. The lowest BCUT2D eigenvalue weighted by molar-refractivity contribution is 0.117. The molecule has 1 atom stereocenters. The number of ether oxygens (including phenoxy) is 1. The minimum Gasteiger partial charge on any atom is -0.497 e. The minimum atomic E-state index is -0.492. The highest BCUT2D eigenvalue weighted by Crippen LogP contribution is 2.23. The number of methoxy groups -OCH3 is 1. The molecule has 1 N–H and O–H groups in total. The number of hydrogen-bond acceptors (Lipinski definition) is 6. The highest BCUT2D eigenvalue weighted by atomic mass is 32.1. The maximum absolute atomic E-state index is 10.5. The summed E-state index contributed by atoms with van der Waals surface area (Å²) >= 11 is 1.71. The van der Waals surface area contributed by atoms with E-state index in [4.69, 9.17) is 4.74 Å². The van der Waals surface area contributed by atoms with Crippen molar-refractivity contribution in [3.8, 4) is 5.75 Å². The van der Waals surface area contributed by atoms with Crippen molar-refractivity contribution < 1.29 is 9.84 Å². The molecule has 0 radical (unpaired) electrons. The van der Waals surface area contributed by atoms with Crippen LogP contribution in [0.2, 0.25) is 0 Å². The van der Waals surface area contributed by atoms with Crippen LogP contribution in [0.1, 0.15) is 23.8 Å². The standard InChI is InChI=1S/C18H25N3O2S/c1-14-13-24-18(19-14)21-8-4-7-20(9-10-21)12-17(22)15-5-3-6-16(11-15)23-2/h3,5-6,11,13,17,22H,4,7-10,12H2,1-2H3. The van der Waals surface area contributed by atoms with E-state index in [0.717, 1.165) is 54.7 Å². The molecule has 2 aromatic rings. The molecule has 0 aliphatic carbocycles. The van der Waals surface area contributed by atoms with Crippen LogP contribution in [0.3, 0.4) is 0 Å². The second-order valence-corrected chi connectivity index (χ2v) is 7.04. The Morgan fingerprint density at radius 1 is 1.29 bits per heavy atom. The van der Waals surface area contributed by atoms with Gasteiger partial charge in [-0.15, -0.1) is 11.3 Å². The summed E-state index contributed by atoms with van der Waals surface area (Å²) in [6, 6.07) is 7.69. The van der Waals surface area contributed by atoms with Crippen molar-refractivity contribution in [1.29, 1.82) is 0 Å². The molecule has 1 unspecified atom stereocenters. The van der Waals surface area contributed by atoms with Gasteiger partial charge in [-0.25, -0.2) is 4.98 Å². The molecule has 1 saturated heterocycles. The largest absolute Gasteiger partial charge is 0.497 e. The molecular weight excluding hydrogens is 322 g/mol. The van der Waals surface area contributed by atoms with Crippen LogP contribution in [0.25, 0.3) is 0 Å². The molecule has 1 aliphatic heterocycles. The highest BCUT2D eigenvalue weighted by Gasteiger charge is 2.20. The Balaban J connectivity index is 1.57. The van der Waals surface area contributed by atoms with Gasteiger partial charge in [-0.1, -0.05) is 12.1 Å². The van der Waals surface area contributed by atoms with Crippen LogP contribution in [0.4, 0.5) is 5.13 Å². The van der Waals surface area contributed by atoms with Crippen LogP contribution in [0, 0.1) is 6.92 Å². The number of thiazole rings is 1. The van der Waals surface area contributed by atoms with E-state index in [1.165, 1.54) is 0 Å². The van der Waals surface area contributed by atoms with E-state index < -0.39 is 6.10 Å². The zero-order valence-electron chi connectivity index (χ0n) is 14.3. The van der Waals surface area contributed by atoms with Gasteiger partial charge < -0.3 is 14.7 Å². The van der Waals surface area contributed by atoms with E-state index in [1.807, 2.05) is 31.2 Å². The molecule has 1 aromatic carbocycles. The summed E-state index contributed by atoms with van der Waals surface area (Å²) in [5.74, 6) is 0.785. The van der Waals surface area contributed by atoms with Gasteiger partial charge in [-0.05, 0) is 31.0 Å². The first-order chi connectivity index (χ1) is 11.7. The van der Waals surface area contributed by atoms with Gasteiger partial charge >= 0.3 is 0 Å². The SMILES string of the molecule is COc1cccc(C(O)CN2CCCN(c3nc(C)cs3)CC2)c1. The van der Waals surface area contributed by atoms with E-state index in [1.54, 1.807) is 18.4 Å². The van der Waals surface area contributed by atoms with E-state index in [0.29, 0.717) is 6.54 Å². The summed E-state index contributed by atoms with van der Waals surface area (Å²) in [4.78, 5) is 9.29. The summed E-state index contributed by atoms with van der Waals surface area (Å²) in [5, 5.41) is 13.8. The highest BCUT2D eigenvalue weighted by molar-refractivity contribution is 7.13. The van der Waals surface area contributed by atoms with Crippen LogP contribution in [-0.4, -0.2) is 54.8 Å². The predicted octanol–water partition coefficient (Wildman–Crippen LogP) is 2.71. The number of rotatable bonds is 5. The average Bonchev–Trinajstić information content (AvgIpc) is 2.90. The number of aryl methyl sites for hydroxylation is 1. The van der Waals surface area contributed by atoms with Gasteiger partial charge in [0.05, 0.1) is 18.9 Å². The Labute approximate surface area is 147 Å². The van der Waals surface area contributed by atoms with Crippen LogP contribution in [0.15, 0.2) is 29.6 Å². The molecule has 5 nitrogen and oxygen atoms in total. The Hall–Kier alpha value is -1.63. The average molecular weight is 347 g/mol. The third kappa shape index (κ3) is 4.26. The van der Waals surface area contributed by atoms with Gasteiger partial charge in [0, 0.05) is 38.1 Å². The zero-order valence-corrected chi connectivity index (χ0v) is 15.1. The molecular formula is C18H25N3O2S. The third-order valence-electron chi connectivity index (χ3n) is 4.38. The van der Waals surface area contributed by atoms with Crippen molar-refractivity contribution >= 4 is 16.5 Å². The first kappa shape index (κ1) is 17.2. The molecule has 3 rings (SSSR count). The molecule has 1 aromatic heterocycles. The number of nitrogens with zero attached hydrogens (tertiary/aromatic N) is 3. The Morgan fingerprint density at radius 2 is 2.17 bits per heavy atom. The van der Waals surface area contributed by atoms with E-state index in [2.05, 4.69) is 20.2 Å². The summed E-state index contributed by atoms with van der Waals surface area (Å²) in [7, 11) is 1.65. The Kier molecular flexibility index (Phi) is 5.71. The van der Waals surface area contributed by atoms with E-state index in [-0.39, 0.29) is 0 Å². The fourth-order valence-electron chi connectivity index (χ4n) is 3.03. The first-order valence-electron chi connectivity index (χ1n) is 8.37. The maximum atomic E-state index is 10.5. The normalized spacial score (nSPS) is 17.5. The Morgan fingerprint density at radius 3 is 2.92 bits per heavy atom. The monoisotopic (exact) mass is 347 g/mol. The van der Waals surface area contributed by atoms with Gasteiger partial charge in [-0.2, -0.15) is 0 Å². The lowest BCUT2D eigenvalue weighted by Crippen LogP contribution is -2.33.